The standard InChI is InChI=1S/C25H29F3N4O3/c1-18(2)30-12-14-31(15-13-30)24(35)32(21-6-4-3-5-7-21)17-19-8-10-20(11-9-19)22(33)16-29-23(34)25(26,27)28/h3-11,18H,12-17H2,1-2H3,(H,29,34). The van der Waals surface area contributed by atoms with Crippen LogP contribution < -0.4 is 10.2 Å². The summed E-state index contributed by atoms with van der Waals surface area (Å²) >= 11 is 0. The van der Waals surface area contributed by atoms with Gasteiger partial charge < -0.3 is 10.2 Å². The van der Waals surface area contributed by atoms with E-state index in [1.807, 2.05) is 35.2 Å². The lowest BCUT2D eigenvalue weighted by atomic mass is 10.1. The molecule has 1 aliphatic heterocycles. The maximum Gasteiger partial charge on any atom is 0.471 e. The Bertz CT molecular complexity index is 1020. The first-order valence-corrected chi connectivity index (χ1v) is 11.4. The predicted molar refractivity (Wildman–Crippen MR) is 126 cm³/mol. The van der Waals surface area contributed by atoms with Crippen molar-refractivity contribution in [2.75, 3.05) is 37.6 Å². The van der Waals surface area contributed by atoms with E-state index < -0.39 is 24.4 Å². The van der Waals surface area contributed by atoms with Gasteiger partial charge in [0, 0.05) is 43.5 Å². The summed E-state index contributed by atoms with van der Waals surface area (Å²) in [6, 6.07) is 15.8. The van der Waals surface area contributed by atoms with Gasteiger partial charge in [0.1, 0.15) is 0 Å². The van der Waals surface area contributed by atoms with E-state index in [4.69, 9.17) is 0 Å². The van der Waals surface area contributed by atoms with Gasteiger partial charge in [-0.2, -0.15) is 13.2 Å². The minimum absolute atomic E-state index is 0.116. The van der Waals surface area contributed by atoms with Crippen LogP contribution in [0.2, 0.25) is 0 Å². The highest BCUT2D eigenvalue weighted by molar-refractivity contribution is 5.99. The highest BCUT2D eigenvalue weighted by Gasteiger charge is 2.38. The first kappa shape index (κ1) is 26.2. The van der Waals surface area contributed by atoms with Gasteiger partial charge in [-0.05, 0) is 31.5 Å². The van der Waals surface area contributed by atoms with Crippen LogP contribution >= 0.6 is 0 Å². The number of carbonyl (C=O) groups is 3. The highest BCUT2D eigenvalue weighted by Crippen LogP contribution is 2.21. The number of rotatable bonds is 7. The molecule has 1 N–H and O–H groups in total. The summed E-state index contributed by atoms with van der Waals surface area (Å²) in [6.07, 6.45) is -5.04. The SMILES string of the molecule is CC(C)N1CCN(C(=O)N(Cc2ccc(C(=O)CNC(=O)C(F)(F)F)cc2)c2ccccc2)CC1. The number of Topliss-reactive ketones (excluding diaryl/α,β-unsaturated/α-hetero) is 1. The van der Waals surface area contributed by atoms with Crippen molar-refractivity contribution in [1.29, 1.82) is 0 Å². The molecule has 3 rings (SSSR count). The summed E-state index contributed by atoms with van der Waals surface area (Å²) in [5.41, 5.74) is 1.65. The number of carbonyl (C=O) groups excluding carboxylic acids is 3. The minimum Gasteiger partial charge on any atom is -0.341 e. The number of benzene rings is 2. The number of urea groups is 1. The van der Waals surface area contributed by atoms with Gasteiger partial charge in [0.05, 0.1) is 13.1 Å². The van der Waals surface area contributed by atoms with Crippen LogP contribution in [0.25, 0.3) is 0 Å². The number of anilines is 1. The smallest absolute Gasteiger partial charge is 0.341 e. The average Bonchev–Trinajstić information content (AvgIpc) is 2.85. The topological polar surface area (TPSA) is 73.0 Å². The number of ketones is 1. The summed E-state index contributed by atoms with van der Waals surface area (Å²) in [5.74, 6) is -2.80. The van der Waals surface area contributed by atoms with Crippen molar-refractivity contribution in [1.82, 2.24) is 15.1 Å². The number of hydrogen-bond donors (Lipinski definition) is 1. The number of halogens is 3. The van der Waals surface area contributed by atoms with Crippen molar-refractivity contribution in [2.45, 2.75) is 32.6 Å². The Morgan fingerprint density at radius 3 is 2.09 bits per heavy atom. The molecule has 3 amide bonds. The second-order valence-electron chi connectivity index (χ2n) is 8.62. The summed E-state index contributed by atoms with van der Waals surface area (Å²) in [6.45, 7) is 6.61. The van der Waals surface area contributed by atoms with Gasteiger partial charge in [0.2, 0.25) is 0 Å². The van der Waals surface area contributed by atoms with E-state index in [9.17, 15) is 27.6 Å². The van der Waals surface area contributed by atoms with Gasteiger partial charge in [-0.15, -0.1) is 0 Å². The van der Waals surface area contributed by atoms with E-state index in [1.165, 1.54) is 12.1 Å². The molecule has 1 saturated heterocycles. The van der Waals surface area contributed by atoms with Gasteiger partial charge in [0.25, 0.3) is 0 Å². The molecule has 7 nitrogen and oxygen atoms in total. The van der Waals surface area contributed by atoms with Crippen LogP contribution in [0.15, 0.2) is 54.6 Å². The second kappa shape index (κ2) is 11.4. The fourth-order valence-electron chi connectivity index (χ4n) is 3.82. The minimum atomic E-state index is -5.04. The lowest BCUT2D eigenvalue weighted by molar-refractivity contribution is -0.173. The van der Waals surface area contributed by atoms with E-state index in [2.05, 4.69) is 18.7 Å². The fraction of sp³-hybridized carbons (Fsp3) is 0.400. The van der Waals surface area contributed by atoms with Gasteiger partial charge >= 0.3 is 18.1 Å². The van der Waals surface area contributed by atoms with Crippen LogP contribution in [-0.2, 0) is 11.3 Å². The zero-order chi connectivity index (χ0) is 25.6. The molecule has 0 aliphatic carbocycles. The van der Waals surface area contributed by atoms with Gasteiger partial charge in [-0.1, -0.05) is 42.5 Å². The van der Waals surface area contributed by atoms with Crippen molar-refractivity contribution < 1.29 is 27.6 Å². The first-order chi connectivity index (χ1) is 16.6. The number of piperazine rings is 1. The van der Waals surface area contributed by atoms with Crippen LogP contribution in [0, 0.1) is 0 Å². The van der Waals surface area contributed by atoms with Crippen LogP contribution in [0.1, 0.15) is 29.8 Å². The van der Waals surface area contributed by atoms with Crippen molar-refractivity contribution in [3.05, 3.63) is 65.7 Å². The number of nitrogens with zero attached hydrogens (tertiary/aromatic N) is 3. The van der Waals surface area contributed by atoms with E-state index in [0.29, 0.717) is 19.1 Å². The normalized spacial score (nSPS) is 14.6. The van der Waals surface area contributed by atoms with Crippen LogP contribution in [-0.4, -0.2) is 72.5 Å². The lowest BCUT2D eigenvalue weighted by Gasteiger charge is -2.39. The van der Waals surface area contributed by atoms with Crippen molar-refractivity contribution in [2.24, 2.45) is 0 Å². The maximum atomic E-state index is 13.4. The first-order valence-electron chi connectivity index (χ1n) is 11.4. The summed E-state index contributed by atoms with van der Waals surface area (Å²) < 4.78 is 36.9. The second-order valence-corrected chi connectivity index (χ2v) is 8.62. The number of hydrogen-bond acceptors (Lipinski definition) is 4. The molecule has 0 aromatic heterocycles. The largest absolute Gasteiger partial charge is 0.471 e. The predicted octanol–water partition coefficient (Wildman–Crippen LogP) is 3.70. The van der Waals surface area contributed by atoms with Gasteiger partial charge in [-0.25, -0.2) is 4.79 Å². The molecule has 2 aromatic rings. The molecule has 2 aromatic carbocycles. The molecular formula is C25H29F3N4O3. The molecule has 0 atom stereocenters. The molecule has 0 unspecified atom stereocenters. The van der Waals surface area contributed by atoms with Crippen LogP contribution in [0.3, 0.4) is 0 Å². The lowest BCUT2D eigenvalue weighted by Crippen LogP contribution is -2.54. The number of amides is 3. The number of para-hydroxylation sites is 1. The summed E-state index contributed by atoms with van der Waals surface area (Å²) in [5, 5.41) is 1.58. The Hall–Kier alpha value is -3.40. The van der Waals surface area contributed by atoms with Crippen LogP contribution in [0.4, 0.5) is 23.7 Å². The molecule has 0 radical (unpaired) electrons. The average molecular weight is 491 g/mol. The zero-order valence-electron chi connectivity index (χ0n) is 19.7. The van der Waals surface area contributed by atoms with E-state index in [0.717, 1.165) is 24.3 Å². The molecule has 1 heterocycles. The molecule has 188 valence electrons. The molecular weight excluding hydrogens is 461 g/mol. The summed E-state index contributed by atoms with van der Waals surface area (Å²) in [4.78, 5) is 42.3. The monoisotopic (exact) mass is 490 g/mol. The Kier molecular flexibility index (Phi) is 8.50. The molecule has 1 fully saturated rings. The third-order valence-corrected chi connectivity index (χ3v) is 5.90. The highest BCUT2D eigenvalue weighted by atomic mass is 19.4. The molecule has 10 heteroatoms. The molecule has 0 spiro atoms. The Morgan fingerprint density at radius 2 is 1.54 bits per heavy atom. The Balaban J connectivity index is 1.69. The molecule has 1 aliphatic rings. The van der Waals surface area contributed by atoms with Crippen LogP contribution in [0.5, 0.6) is 0 Å². The van der Waals surface area contributed by atoms with E-state index in [-0.39, 0.29) is 18.1 Å². The van der Waals surface area contributed by atoms with Gasteiger partial charge in [-0.3, -0.25) is 19.4 Å². The van der Waals surface area contributed by atoms with Gasteiger partial charge in [0.15, 0.2) is 5.78 Å². The molecule has 0 bridgehead atoms. The summed E-state index contributed by atoms with van der Waals surface area (Å²) in [7, 11) is 0. The van der Waals surface area contributed by atoms with E-state index in [1.54, 1.807) is 22.3 Å². The maximum absolute atomic E-state index is 13.4. The Morgan fingerprint density at radius 1 is 0.943 bits per heavy atom. The van der Waals surface area contributed by atoms with E-state index >= 15 is 0 Å². The Labute approximate surface area is 202 Å². The molecule has 35 heavy (non-hydrogen) atoms. The third kappa shape index (κ3) is 7.05. The van der Waals surface area contributed by atoms with Crippen molar-refractivity contribution in [3.63, 3.8) is 0 Å². The van der Waals surface area contributed by atoms with Crippen molar-refractivity contribution in [3.8, 4) is 0 Å². The quantitative estimate of drug-likeness (QED) is 0.601. The number of alkyl halides is 3. The number of nitrogens with one attached hydrogen (secondary N) is 1. The third-order valence-electron chi connectivity index (χ3n) is 5.90. The molecule has 0 saturated carbocycles. The van der Waals surface area contributed by atoms with Crippen molar-refractivity contribution >= 4 is 23.4 Å². The fourth-order valence-corrected chi connectivity index (χ4v) is 3.82. The zero-order valence-corrected chi connectivity index (χ0v) is 19.7.